The predicted octanol–water partition coefficient (Wildman–Crippen LogP) is 2.71. The highest BCUT2D eigenvalue weighted by Gasteiger charge is 2.15. The lowest BCUT2D eigenvalue weighted by atomic mass is 10.1. The van der Waals surface area contributed by atoms with E-state index in [0.717, 1.165) is 0 Å². The number of halogens is 2. The molecule has 0 aromatic carbocycles. The number of hydrogen-bond acceptors (Lipinski definition) is 3. The van der Waals surface area contributed by atoms with Gasteiger partial charge in [0.05, 0.1) is 0 Å². The van der Waals surface area contributed by atoms with E-state index in [1.165, 1.54) is 6.07 Å². The van der Waals surface area contributed by atoms with Crippen LogP contribution in [-0.4, -0.2) is 15.6 Å². The van der Waals surface area contributed by atoms with Gasteiger partial charge in [0.2, 0.25) is 0 Å². The molecule has 0 unspecified atom stereocenters. The maximum atomic E-state index is 5.70. The molecular formula is C10H10Cl2N2O. The first kappa shape index (κ1) is 12.3. The molecule has 0 fully saturated rings. The minimum Gasteiger partial charge on any atom is -0.355 e. The predicted molar refractivity (Wildman–Crippen MR) is 59.8 cm³/mol. The van der Waals surface area contributed by atoms with Crippen LogP contribution in [-0.2, 0) is 11.3 Å². The molecule has 0 amide bonds. The highest BCUT2D eigenvalue weighted by molar-refractivity contribution is 6.33. The van der Waals surface area contributed by atoms with Crippen molar-refractivity contribution in [2.75, 3.05) is 0 Å². The first-order valence-electron chi connectivity index (χ1n) is 4.23. The normalized spacial score (nSPS) is 11.1. The molecule has 5 heteroatoms. The molecule has 15 heavy (non-hydrogen) atoms. The molecule has 0 radical (unpaired) electrons. The van der Waals surface area contributed by atoms with Gasteiger partial charge in [-0.25, -0.2) is 9.97 Å². The second-order valence-corrected chi connectivity index (χ2v) is 4.15. The molecule has 80 valence electrons. The number of ether oxygens (including phenoxy) is 1. The fourth-order valence-electron chi connectivity index (χ4n) is 0.786. The first-order chi connectivity index (χ1) is 6.93. The summed E-state index contributed by atoms with van der Waals surface area (Å²) in [5.41, 5.74) is -0.655. The molecule has 1 heterocycles. The zero-order chi connectivity index (χ0) is 11.5. The summed E-state index contributed by atoms with van der Waals surface area (Å²) in [5.74, 6) is 2.91. The van der Waals surface area contributed by atoms with E-state index in [1.807, 2.05) is 0 Å². The minimum atomic E-state index is -0.655. The van der Waals surface area contributed by atoms with E-state index in [4.69, 9.17) is 34.4 Å². The van der Waals surface area contributed by atoms with Gasteiger partial charge in [-0.2, -0.15) is 0 Å². The van der Waals surface area contributed by atoms with Crippen LogP contribution in [0.3, 0.4) is 0 Å². The average Bonchev–Trinajstić information content (AvgIpc) is 2.14. The Hall–Kier alpha value is -0.820. The lowest BCUT2D eigenvalue weighted by molar-refractivity contribution is 0.0109. The molecule has 3 nitrogen and oxygen atoms in total. The van der Waals surface area contributed by atoms with E-state index < -0.39 is 5.60 Å². The van der Waals surface area contributed by atoms with Gasteiger partial charge in [-0.15, -0.1) is 6.42 Å². The molecule has 0 atom stereocenters. The Kier molecular flexibility index (Phi) is 3.92. The molecule has 1 rings (SSSR count). The van der Waals surface area contributed by atoms with Crippen molar-refractivity contribution in [3.8, 4) is 12.3 Å². The van der Waals surface area contributed by atoms with Crippen molar-refractivity contribution in [1.82, 2.24) is 9.97 Å². The molecule has 0 spiro atoms. The molecule has 0 aliphatic heterocycles. The van der Waals surface area contributed by atoms with Gasteiger partial charge in [-0.05, 0) is 13.8 Å². The van der Waals surface area contributed by atoms with Crippen LogP contribution in [0.4, 0.5) is 0 Å². The van der Waals surface area contributed by atoms with Gasteiger partial charge in [-0.1, -0.05) is 29.1 Å². The minimum absolute atomic E-state index is 0.178. The summed E-state index contributed by atoms with van der Waals surface area (Å²) in [6.07, 6.45) is 5.26. The third-order valence-corrected chi connectivity index (χ3v) is 2.01. The lowest BCUT2D eigenvalue weighted by Crippen LogP contribution is -2.22. The molecule has 0 N–H and O–H groups in total. The first-order valence-corrected chi connectivity index (χ1v) is 4.99. The maximum absolute atomic E-state index is 5.70. The van der Waals surface area contributed by atoms with Crippen molar-refractivity contribution in [3.05, 3.63) is 22.2 Å². The zero-order valence-corrected chi connectivity index (χ0v) is 9.93. The smallest absolute Gasteiger partial charge is 0.157 e. The Morgan fingerprint density at radius 3 is 2.40 bits per heavy atom. The fraction of sp³-hybridized carbons (Fsp3) is 0.400. The topological polar surface area (TPSA) is 35.0 Å². The second kappa shape index (κ2) is 4.80. The van der Waals surface area contributed by atoms with Crippen molar-refractivity contribution in [2.45, 2.75) is 26.1 Å². The van der Waals surface area contributed by atoms with Crippen LogP contribution in [0.2, 0.25) is 10.3 Å². The Labute approximate surface area is 98.8 Å². The van der Waals surface area contributed by atoms with Gasteiger partial charge in [0.1, 0.15) is 22.5 Å². The van der Waals surface area contributed by atoms with Crippen LogP contribution in [0.15, 0.2) is 6.07 Å². The van der Waals surface area contributed by atoms with E-state index in [2.05, 4.69) is 15.9 Å². The number of rotatable bonds is 3. The summed E-state index contributed by atoms with van der Waals surface area (Å²) < 4.78 is 5.40. The monoisotopic (exact) mass is 244 g/mol. The van der Waals surface area contributed by atoms with Crippen molar-refractivity contribution < 1.29 is 4.74 Å². The number of terminal acetylenes is 1. The summed E-state index contributed by atoms with van der Waals surface area (Å²) in [6.45, 7) is 3.73. The zero-order valence-electron chi connectivity index (χ0n) is 8.42. The van der Waals surface area contributed by atoms with Crippen molar-refractivity contribution in [2.24, 2.45) is 0 Å². The van der Waals surface area contributed by atoms with Crippen molar-refractivity contribution >= 4 is 23.2 Å². The molecule has 0 aliphatic carbocycles. The van der Waals surface area contributed by atoms with Crippen molar-refractivity contribution in [3.63, 3.8) is 0 Å². The number of hydrogen-bond donors (Lipinski definition) is 0. The third-order valence-electron chi connectivity index (χ3n) is 1.62. The Morgan fingerprint density at radius 1 is 1.40 bits per heavy atom. The second-order valence-electron chi connectivity index (χ2n) is 3.37. The van der Waals surface area contributed by atoms with Gasteiger partial charge in [0, 0.05) is 6.07 Å². The Morgan fingerprint density at radius 2 is 1.93 bits per heavy atom. The molecule has 0 aliphatic rings. The fourth-order valence-corrected chi connectivity index (χ4v) is 1.24. The van der Waals surface area contributed by atoms with E-state index in [9.17, 15) is 0 Å². The SMILES string of the molecule is C#CC(C)(C)OCc1nc(Cl)cc(Cl)n1. The van der Waals surface area contributed by atoms with Crippen LogP contribution in [0.1, 0.15) is 19.7 Å². The highest BCUT2D eigenvalue weighted by atomic mass is 35.5. The summed E-state index contributed by atoms with van der Waals surface area (Å²) >= 11 is 11.4. The quantitative estimate of drug-likeness (QED) is 0.606. The van der Waals surface area contributed by atoms with Crippen LogP contribution in [0, 0.1) is 12.3 Å². The van der Waals surface area contributed by atoms with Gasteiger partial charge < -0.3 is 4.74 Å². The van der Waals surface area contributed by atoms with E-state index in [-0.39, 0.29) is 16.9 Å². The van der Waals surface area contributed by atoms with E-state index >= 15 is 0 Å². The molecule has 1 aromatic heterocycles. The van der Waals surface area contributed by atoms with Crippen molar-refractivity contribution in [1.29, 1.82) is 0 Å². The standard InChI is InChI=1S/C10H10Cl2N2O/c1-4-10(2,3)15-6-9-13-7(11)5-8(12)14-9/h1,5H,6H2,2-3H3. The van der Waals surface area contributed by atoms with Gasteiger partial charge in [-0.3, -0.25) is 0 Å². The molecule has 0 bridgehead atoms. The Balaban J connectivity index is 2.71. The number of aromatic nitrogens is 2. The van der Waals surface area contributed by atoms with Crippen LogP contribution in [0.25, 0.3) is 0 Å². The summed E-state index contributed by atoms with van der Waals surface area (Å²) in [5, 5.41) is 0.569. The lowest BCUT2D eigenvalue weighted by Gasteiger charge is -2.17. The largest absolute Gasteiger partial charge is 0.355 e. The maximum Gasteiger partial charge on any atom is 0.157 e. The Bertz CT molecular complexity index is 379. The molecular weight excluding hydrogens is 235 g/mol. The summed E-state index contributed by atoms with van der Waals surface area (Å²) in [7, 11) is 0. The van der Waals surface area contributed by atoms with Gasteiger partial charge >= 0.3 is 0 Å². The van der Waals surface area contributed by atoms with E-state index in [1.54, 1.807) is 13.8 Å². The summed E-state index contributed by atoms with van der Waals surface area (Å²) in [4.78, 5) is 7.90. The average molecular weight is 245 g/mol. The van der Waals surface area contributed by atoms with E-state index in [0.29, 0.717) is 5.82 Å². The molecule has 1 aromatic rings. The summed E-state index contributed by atoms with van der Waals surface area (Å²) in [6, 6.07) is 1.46. The van der Waals surface area contributed by atoms with Gasteiger partial charge in [0.25, 0.3) is 0 Å². The van der Waals surface area contributed by atoms with Crippen LogP contribution < -0.4 is 0 Å². The highest BCUT2D eigenvalue weighted by Crippen LogP contribution is 2.14. The number of nitrogens with zero attached hydrogens (tertiary/aromatic N) is 2. The third kappa shape index (κ3) is 4.05. The molecule has 0 saturated heterocycles. The molecule has 0 saturated carbocycles. The van der Waals surface area contributed by atoms with Crippen LogP contribution >= 0.6 is 23.2 Å². The van der Waals surface area contributed by atoms with Crippen LogP contribution in [0.5, 0.6) is 0 Å². The van der Waals surface area contributed by atoms with Gasteiger partial charge in [0.15, 0.2) is 5.82 Å².